The molecule has 2 aromatic rings. The Labute approximate surface area is 110 Å². The Kier molecular flexibility index (Phi) is 3.44. The van der Waals surface area contributed by atoms with E-state index in [1.165, 1.54) is 0 Å². The Balaban J connectivity index is 2.40. The summed E-state index contributed by atoms with van der Waals surface area (Å²) in [5, 5.41) is 8.64. The number of benzene rings is 1. The molecule has 1 aromatic carbocycles. The van der Waals surface area contributed by atoms with Gasteiger partial charge in [0.15, 0.2) is 5.69 Å². The van der Waals surface area contributed by atoms with Gasteiger partial charge in [0.25, 0.3) is 0 Å². The van der Waals surface area contributed by atoms with Gasteiger partial charge in [-0.25, -0.2) is 9.78 Å². The minimum Gasteiger partial charge on any atom is -0.477 e. The van der Waals surface area contributed by atoms with Gasteiger partial charge in [-0.2, -0.15) is 17.6 Å². The van der Waals surface area contributed by atoms with Crippen LogP contribution in [0.4, 0.5) is 17.6 Å². The lowest BCUT2D eigenvalue weighted by atomic mass is 10.0. The Morgan fingerprint density at radius 1 is 1.05 bits per heavy atom. The SMILES string of the molecule is O=C(O)c1ccc(-c2ccc(C(F)(F)F)cc2)c(F)n1. The lowest BCUT2D eigenvalue weighted by Gasteiger charge is -2.08. The Bertz CT molecular complexity index is 650. The number of alkyl halides is 3. The number of nitrogens with zero attached hydrogens (tertiary/aromatic N) is 1. The second-order valence-electron chi connectivity index (χ2n) is 3.92. The van der Waals surface area contributed by atoms with E-state index in [0.29, 0.717) is 0 Å². The van der Waals surface area contributed by atoms with E-state index in [-0.39, 0.29) is 11.1 Å². The van der Waals surface area contributed by atoms with Crippen molar-refractivity contribution < 1.29 is 27.5 Å². The summed E-state index contributed by atoms with van der Waals surface area (Å²) in [6, 6.07) is 6.08. The molecular formula is C13H7F4NO2. The molecule has 0 amide bonds. The fraction of sp³-hybridized carbons (Fsp3) is 0.0769. The second-order valence-corrected chi connectivity index (χ2v) is 3.92. The van der Waals surface area contributed by atoms with Crippen molar-refractivity contribution in [2.75, 3.05) is 0 Å². The number of rotatable bonds is 2. The second kappa shape index (κ2) is 4.92. The highest BCUT2D eigenvalue weighted by Crippen LogP contribution is 2.31. The van der Waals surface area contributed by atoms with E-state index in [9.17, 15) is 22.4 Å². The van der Waals surface area contributed by atoms with Gasteiger partial charge in [0.2, 0.25) is 5.95 Å². The highest BCUT2D eigenvalue weighted by molar-refractivity contribution is 5.85. The maximum Gasteiger partial charge on any atom is 0.416 e. The van der Waals surface area contributed by atoms with E-state index < -0.39 is 29.4 Å². The van der Waals surface area contributed by atoms with E-state index in [1.54, 1.807) is 0 Å². The van der Waals surface area contributed by atoms with Crippen LogP contribution in [0.5, 0.6) is 0 Å². The average molecular weight is 285 g/mol. The monoisotopic (exact) mass is 285 g/mol. The van der Waals surface area contributed by atoms with Crippen LogP contribution in [0.3, 0.4) is 0 Å². The number of carbonyl (C=O) groups is 1. The van der Waals surface area contributed by atoms with E-state index >= 15 is 0 Å². The lowest BCUT2D eigenvalue weighted by Crippen LogP contribution is -2.05. The third kappa shape index (κ3) is 2.76. The number of carboxylic acid groups (broad SMARTS) is 1. The van der Waals surface area contributed by atoms with Gasteiger partial charge >= 0.3 is 12.1 Å². The smallest absolute Gasteiger partial charge is 0.416 e. The van der Waals surface area contributed by atoms with Crippen LogP contribution in [0, 0.1) is 5.95 Å². The predicted molar refractivity (Wildman–Crippen MR) is 61.6 cm³/mol. The zero-order chi connectivity index (χ0) is 14.9. The third-order valence-electron chi connectivity index (χ3n) is 2.59. The molecule has 0 saturated heterocycles. The number of hydrogen-bond acceptors (Lipinski definition) is 2. The van der Waals surface area contributed by atoms with Crippen LogP contribution >= 0.6 is 0 Å². The minimum absolute atomic E-state index is 0.0660. The molecule has 1 aromatic heterocycles. The molecule has 0 fully saturated rings. The summed E-state index contributed by atoms with van der Waals surface area (Å²) >= 11 is 0. The van der Waals surface area contributed by atoms with Crippen LogP contribution in [0.1, 0.15) is 16.1 Å². The molecule has 0 bridgehead atoms. The fourth-order valence-corrected chi connectivity index (χ4v) is 1.61. The van der Waals surface area contributed by atoms with Crippen molar-refractivity contribution in [2.24, 2.45) is 0 Å². The van der Waals surface area contributed by atoms with Crippen LogP contribution in [0.25, 0.3) is 11.1 Å². The predicted octanol–water partition coefficient (Wildman–Crippen LogP) is 3.60. The molecule has 0 saturated carbocycles. The Morgan fingerprint density at radius 3 is 2.10 bits per heavy atom. The van der Waals surface area contributed by atoms with Crippen LogP contribution in [0.15, 0.2) is 36.4 Å². The maximum absolute atomic E-state index is 13.6. The van der Waals surface area contributed by atoms with Gasteiger partial charge in [0.1, 0.15) is 0 Å². The molecular weight excluding hydrogens is 278 g/mol. The number of aromatic nitrogens is 1. The van der Waals surface area contributed by atoms with E-state index in [2.05, 4.69) is 4.98 Å². The van der Waals surface area contributed by atoms with Crippen molar-refractivity contribution in [3.63, 3.8) is 0 Å². The summed E-state index contributed by atoms with van der Waals surface area (Å²) in [6.07, 6.45) is -4.47. The fourth-order valence-electron chi connectivity index (χ4n) is 1.61. The summed E-state index contributed by atoms with van der Waals surface area (Å²) in [7, 11) is 0. The first kappa shape index (κ1) is 14.0. The van der Waals surface area contributed by atoms with Crippen molar-refractivity contribution in [1.82, 2.24) is 4.98 Å². The number of aromatic carboxylic acids is 1. The number of halogens is 4. The molecule has 0 aliphatic carbocycles. The summed E-state index contributed by atoms with van der Waals surface area (Å²) in [4.78, 5) is 13.8. The Hall–Kier alpha value is -2.44. The minimum atomic E-state index is -4.47. The standard InChI is InChI=1S/C13H7F4NO2/c14-11-9(5-6-10(18-11)12(19)20)7-1-3-8(4-2-7)13(15,16)17/h1-6H,(H,19,20). The first-order chi connectivity index (χ1) is 9.29. The summed E-state index contributed by atoms with van der Waals surface area (Å²) in [6.45, 7) is 0. The summed E-state index contributed by atoms with van der Waals surface area (Å²) in [5.41, 5.74) is -1.21. The molecule has 2 rings (SSSR count). The van der Waals surface area contributed by atoms with Gasteiger partial charge in [-0.05, 0) is 29.8 Å². The van der Waals surface area contributed by atoms with Gasteiger partial charge < -0.3 is 5.11 Å². The number of hydrogen-bond donors (Lipinski definition) is 1. The van der Waals surface area contributed by atoms with Crippen molar-refractivity contribution >= 4 is 5.97 Å². The largest absolute Gasteiger partial charge is 0.477 e. The quantitative estimate of drug-likeness (QED) is 0.677. The van der Waals surface area contributed by atoms with Gasteiger partial charge in [0, 0.05) is 5.56 Å². The van der Waals surface area contributed by atoms with Crippen molar-refractivity contribution in [3.05, 3.63) is 53.6 Å². The third-order valence-corrected chi connectivity index (χ3v) is 2.59. The van der Waals surface area contributed by atoms with Crippen LogP contribution in [-0.4, -0.2) is 16.1 Å². The van der Waals surface area contributed by atoms with Gasteiger partial charge in [-0.1, -0.05) is 12.1 Å². The normalized spacial score (nSPS) is 11.4. The lowest BCUT2D eigenvalue weighted by molar-refractivity contribution is -0.137. The molecule has 104 valence electrons. The number of carboxylic acids is 1. The van der Waals surface area contributed by atoms with Gasteiger partial charge in [-0.15, -0.1) is 0 Å². The molecule has 20 heavy (non-hydrogen) atoms. The molecule has 0 unspecified atom stereocenters. The van der Waals surface area contributed by atoms with Gasteiger partial charge in [0.05, 0.1) is 5.56 Å². The molecule has 0 spiro atoms. The summed E-state index contributed by atoms with van der Waals surface area (Å²) < 4.78 is 50.8. The van der Waals surface area contributed by atoms with E-state index in [1.807, 2.05) is 0 Å². The molecule has 1 N–H and O–H groups in total. The van der Waals surface area contributed by atoms with E-state index in [4.69, 9.17) is 5.11 Å². The molecule has 0 aliphatic heterocycles. The molecule has 0 radical (unpaired) electrons. The summed E-state index contributed by atoms with van der Waals surface area (Å²) in [5.74, 6) is -2.44. The zero-order valence-corrected chi connectivity index (χ0v) is 9.78. The highest BCUT2D eigenvalue weighted by atomic mass is 19.4. The first-order valence-corrected chi connectivity index (χ1v) is 5.36. The topological polar surface area (TPSA) is 50.2 Å². The van der Waals surface area contributed by atoms with Crippen molar-refractivity contribution in [3.8, 4) is 11.1 Å². The van der Waals surface area contributed by atoms with Crippen LogP contribution in [-0.2, 0) is 6.18 Å². The van der Waals surface area contributed by atoms with Gasteiger partial charge in [-0.3, -0.25) is 0 Å². The average Bonchev–Trinajstić information content (AvgIpc) is 2.37. The van der Waals surface area contributed by atoms with Crippen molar-refractivity contribution in [2.45, 2.75) is 6.18 Å². The van der Waals surface area contributed by atoms with Crippen LogP contribution < -0.4 is 0 Å². The molecule has 7 heteroatoms. The van der Waals surface area contributed by atoms with Crippen LogP contribution in [0.2, 0.25) is 0 Å². The Morgan fingerprint density at radius 2 is 1.65 bits per heavy atom. The first-order valence-electron chi connectivity index (χ1n) is 5.36. The zero-order valence-electron chi connectivity index (χ0n) is 9.78. The van der Waals surface area contributed by atoms with Crippen molar-refractivity contribution in [1.29, 1.82) is 0 Å². The number of pyridine rings is 1. The molecule has 0 atom stereocenters. The maximum atomic E-state index is 13.6. The molecule has 1 heterocycles. The highest BCUT2D eigenvalue weighted by Gasteiger charge is 2.30. The van der Waals surface area contributed by atoms with E-state index in [0.717, 1.165) is 36.4 Å². The molecule has 0 aliphatic rings. The molecule has 3 nitrogen and oxygen atoms in total.